The summed E-state index contributed by atoms with van der Waals surface area (Å²) in [5.74, 6) is -1.11. The van der Waals surface area contributed by atoms with Crippen LogP contribution in [-0.2, 0) is 10.9 Å². The number of halogens is 4. The molecule has 2 fully saturated rings. The van der Waals surface area contributed by atoms with E-state index in [0.717, 1.165) is 6.20 Å². The lowest BCUT2D eigenvalue weighted by molar-refractivity contribution is -0.141. The smallest absolute Gasteiger partial charge is 0.378 e. The van der Waals surface area contributed by atoms with E-state index in [1.54, 1.807) is 0 Å². The molecule has 39 heavy (non-hydrogen) atoms. The molecular formula is C25H28F4N8O2. The number of rotatable bonds is 5. The SMILES string of the molecule is C[C@H]1CN(c2cc(F)c(-c3cnc(N4CCOCC4)nc3)cc2NC(=O)c2cn[nH]c2C(F)(F)F)CCN1C. The zero-order valence-electron chi connectivity index (χ0n) is 21.4. The summed E-state index contributed by atoms with van der Waals surface area (Å²) < 4.78 is 61.1. The third-order valence-electron chi connectivity index (χ3n) is 7.04. The Morgan fingerprint density at radius 3 is 2.46 bits per heavy atom. The molecule has 0 unspecified atom stereocenters. The van der Waals surface area contributed by atoms with Crippen molar-refractivity contribution in [2.45, 2.75) is 19.1 Å². The number of nitrogens with one attached hydrogen (secondary N) is 2. The van der Waals surface area contributed by atoms with Crippen LogP contribution >= 0.6 is 0 Å². The number of nitrogens with zero attached hydrogens (tertiary/aromatic N) is 6. The average Bonchev–Trinajstić information content (AvgIpc) is 3.43. The van der Waals surface area contributed by atoms with Gasteiger partial charge in [0.05, 0.1) is 36.3 Å². The van der Waals surface area contributed by atoms with Crippen molar-refractivity contribution in [2.75, 3.05) is 68.1 Å². The number of likely N-dealkylation sites (N-methyl/N-ethyl adjacent to an activating group) is 1. The highest BCUT2D eigenvalue weighted by atomic mass is 19.4. The van der Waals surface area contributed by atoms with Gasteiger partial charge in [-0.25, -0.2) is 14.4 Å². The molecule has 2 N–H and O–H groups in total. The van der Waals surface area contributed by atoms with Gasteiger partial charge in [-0.05, 0) is 26.1 Å². The molecule has 5 rings (SSSR count). The number of ether oxygens (including phenoxy) is 1. The highest BCUT2D eigenvalue weighted by molar-refractivity contribution is 6.07. The van der Waals surface area contributed by atoms with Gasteiger partial charge in [-0.2, -0.15) is 18.3 Å². The van der Waals surface area contributed by atoms with Crippen LogP contribution in [0, 0.1) is 5.82 Å². The summed E-state index contributed by atoms with van der Waals surface area (Å²) >= 11 is 0. The molecule has 4 heterocycles. The molecule has 0 aliphatic carbocycles. The predicted octanol–water partition coefficient (Wildman–Crippen LogP) is 3.25. The molecule has 10 nitrogen and oxygen atoms in total. The molecule has 1 amide bonds. The lowest BCUT2D eigenvalue weighted by atomic mass is 10.0. The number of anilines is 3. The van der Waals surface area contributed by atoms with Crippen molar-refractivity contribution in [2.24, 2.45) is 0 Å². The molecule has 208 valence electrons. The summed E-state index contributed by atoms with van der Waals surface area (Å²) in [5, 5.41) is 7.80. The Morgan fingerprint density at radius 1 is 1.08 bits per heavy atom. The van der Waals surface area contributed by atoms with Crippen LogP contribution in [0.2, 0.25) is 0 Å². The lowest BCUT2D eigenvalue weighted by Gasteiger charge is -2.39. The zero-order valence-corrected chi connectivity index (χ0v) is 21.4. The number of hydrogen-bond donors (Lipinski definition) is 2. The fourth-order valence-electron chi connectivity index (χ4n) is 4.66. The standard InChI is InChI=1S/C25H28F4N8O2/c1-15-14-37(4-3-35(15)2)21-10-19(26)17(16-11-30-24(31-12-16)36-5-7-39-8-6-36)9-20(21)33-23(38)18-13-32-34-22(18)25(27,28)29/h9-13,15H,3-8,14H2,1-2H3,(H,32,34)(H,33,38)/t15-/m0/s1. The second-order valence-corrected chi connectivity index (χ2v) is 9.61. The monoisotopic (exact) mass is 548 g/mol. The second kappa shape index (κ2) is 10.8. The van der Waals surface area contributed by atoms with Gasteiger partial charge in [-0.15, -0.1) is 0 Å². The Hall–Kier alpha value is -3.78. The first kappa shape index (κ1) is 26.8. The van der Waals surface area contributed by atoms with Gasteiger partial charge in [-0.1, -0.05) is 0 Å². The summed E-state index contributed by atoms with van der Waals surface area (Å²) in [4.78, 5) is 27.8. The maximum Gasteiger partial charge on any atom is 0.433 e. The van der Waals surface area contributed by atoms with Gasteiger partial charge in [0.1, 0.15) is 5.82 Å². The fourth-order valence-corrected chi connectivity index (χ4v) is 4.66. The molecule has 0 bridgehead atoms. The largest absolute Gasteiger partial charge is 0.433 e. The highest BCUT2D eigenvalue weighted by Gasteiger charge is 2.38. The van der Waals surface area contributed by atoms with E-state index in [-0.39, 0.29) is 17.3 Å². The number of alkyl halides is 3. The van der Waals surface area contributed by atoms with E-state index in [0.29, 0.717) is 63.1 Å². The van der Waals surface area contributed by atoms with Gasteiger partial charge < -0.3 is 24.8 Å². The van der Waals surface area contributed by atoms with Crippen LogP contribution in [0.5, 0.6) is 0 Å². The van der Waals surface area contributed by atoms with E-state index in [2.05, 4.69) is 25.3 Å². The Labute approximate surface area is 222 Å². The Morgan fingerprint density at radius 2 is 1.79 bits per heavy atom. The number of hydrogen-bond acceptors (Lipinski definition) is 8. The van der Waals surface area contributed by atoms with Crippen molar-refractivity contribution in [3.05, 3.63) is 47.8 Å². The summed E-state index contributed by atoms with van der Waals surface area (Å²) in [6, 6.07) is 2.84. The number of H-pyrrole nitrogens is 1. The first-order chi connectivity index (χ1) is 18.6. The van der Waals surface area contributed by atoms with E-state index in [1.807, 2.05) is 28.9 Å². The van der Waals surface area contributed by atoms with Crippen LogP contribution in [0.3, 0.4) is 0 Å². The Kier molecular flexibility index (Phi) is 7.40. The second-order valence-electron chi connectivity index (χ2n) is 9.61. The van der Waals surface area contributed by atoms with Crippen LogP contribution < -0.4 is 15.1 Å². The number of piperazine rings is 1. The number of benzene rings is 1. The van der Waals surface area contributed by atoms with Crippen molar-refractivity contribution in [1.82, 2.24) is 25.1 Å². The number of morpholine rings is 1. The van der Waals surface area contributed by atoms with E-state index in [4.69, 9.17) is 4.74 Å². The predicted molar refractivity (Wildman–Crippen MR) is 136 cm³/mol. The minimum Gasteiger partial charge on any atom is -0.378 e. The number of aromatic nitrogens is 4. The molecule has 0 spiro atoms. The molecular weight excluding hydrogens is 520 g/mol. The average molecular weight is 549 g/mol. The first-order valence-electron chi connectivity index (χ1n) is 12.5. The van der Waals surface area contributed by atoms with Crippen LogP contribution in [0.25, 0.3) is 11.1 Å². The van der Waals surface area contributed by atoms with Gasteiger partial charge in [0.25, 0.3) is 5.91 Å². The molecule has 14 heteroatoms. The van der Waals surface area contributed by atoms with Crippen molar-refractivity contribution < 1.29 is 27.1 Å². The molecule has 2 aromatic heterocycles. The van der Waals surface area contributed by atoms with Crippen molar-refractivity contribution in [3.8, 4) is 11.1 Å². The van der Waals surface area contributed by atoms with Gasteiger partial charge in [-0.3, -0.25) is 9.89 Å². The minimum atomic E-state index is -4.80. The topological polar surface area (TPSA) is 103 Å². The Bertz CT molecular complexity index is 1320. The maximum atomic E-state index is 15.5. The first-order valence-corrected chi connectivity index (χ1v) is 12.5. The molecule has 0 saturated carbocycles. The minimum absolute atomic E-state index is 0.105. The molecule has 2 saturated heterocycles. The Balaban J connectivity index is 1.50. The van der Waals surface area contributed by atoms with Crippen LogP contribution in [-0.4, -0.2) is 90.0 Å². The van der Waals surface area contributed by atoms with Gasteiger partial charge in [0, 0.05) is 62.3 Å². The zero-order chi connectivity index (χ0) is 27.7. The third kappa shape index (κ3) is 5.66. The highest BCUT2D eigenvalue weighted by Crippen LogP contribution is 2.36. The van der Waals surface area contributed by atoms with E-state index in [1.165, 1.54) is 24.5 Å². The van der Waals surface area contributed by atoms with Crippen molar-refractivity contribution in [1.29, 1.82) is 0 Å². The van der Waals surface area contributed by atoms with Crippen molar-refractivity contribution >= 4 is 23.2 Å². The van der Waals surface area contributed by atoms with Crippen LogP contribution in [0.15, 0.2) is 30.7 Å². The summed E-state index contributed by atoms with van der Waals surface area (Å²) in [5.41, 5.74) is -0.925. The van der Waals surface area contributed by atoms with E-state index < -0.39 is 29.2 Å². The molecule has 1 atom stereocenters. The quantitative estimate of drug-likeness (QED) is 0.469. The molecule has 2 aliphatic rings. The maximum absolute atomic E-state index is 15.5. The van der Waals surface area contributed by atoms with E-state index >= 15 is 4.39 Å². The molecule has 3 aromatic rings. The molecule has 2 aliphatic heterocycles. The summed E-state index contributed by atoms with van der Waals surface area (Å²) in [6.45, 7) is 6.17. The normalized spacial score (nSPS) is 18.9. The number of carbonyl (C=O) groups is 1. The van der Waals surface area contributed by atoms with E-state index in [9.17, 15) is 18.0 Å². The number of carbonyl (C=O) groups excluding carboxylic acids is 1. The van der Waals surface area contributed by atoms with Crippen molar-refractivity contribution in [3.63, 3.8) is 0 Å². The summed E-state index contributed by atoms with van der Waals surface area (Å²) in [7, 11) is 1.98. The molecule has 0 radical (unpaired) electrons. The number of amides is 1. The van der Waals surface area contributed by atoms with Gasteiger partial charge >= 0.3 is 6.18 Å². The van der Waals surface area contributed by atoms with Crippen LogP contribution in [0.4, 0.5) is 34.9 Å². The summed E-state index contributed by atoms with van der Waals surface area (Å²) in [6.07, 6.45) is -1.01. The van der Waals surface area contributed by atoms with Crippen LogP contribution in [0.1, 0.15) is 23.0 Å². The third-order valence-corrected chi connectivity index (χ3v) is 7.04. The lowest BCUT2D eigenvalue weighted by Crippen LogP contribution is -2.50. The fraction of sp³-hybridized carbons (Fsp3) is 0.440. The molecule has 1 aromatic carbocycles. The van der Waals surface area contributed by atoms with Gasteiger partial charge in [0.15, 0.2) is 5.69 Å². The number of aromatic amines is 1. The van der Waals surface area contributed by atoms with Gasteiger partial charge in [0.2, 0.25) is 5.95 Å².